The molecule has 0 amide bonds. The maximum Gasteiger partial charge on any atom is 0.304 e. The Morgan fingerprint density at radius 1 is 1.53 bits per heavy atom. The lowest BCUT2D eigenvalue weighted by Crippen LogP contribution is -2.27. The van der Waals surface area contributed by atoms with Gasteiger partial charge in [-0.05, 0) is 50.8 Å². The molecule has 4 nitrogen and oxygen atoms in total. The Bertz CT molecular complexity index is 395. The normalized spacial score (nSPS) is 15.5. The third-order valence-electron chi connectivity index (χ3n) is 2.73. The summed E-state index contributed by atoms with van der Waals surface area (Å²) in [6, 6.07) is 2.44. The molecule has 6 heteroatoms. The average molecular weight is 367 g/mol. The molecule has 0 atom stereocenters. The average Bonchev–Trinajstić information content (AvgIpc) is 3.02. The molecule has 0 radical (unpaired) electrons. The van der Waals surface area contributed by atoms with Crippen molar-refractivity contribution in [3.05, 3.63) is 21.0 Å². The highest BCUT2D eigenvalue weighted by atomic mass is 79.9. The first kappa shape index (κ1) is 13.1. The molecule has 0 bridgehead atoms. The van der Waals surface area contributed by atoms with Crippen molar-refractivity contribution in [3.8, 4) is 0 Å². The zero-order chi connectivity index (χ0) is 12.4. The molecular weight excluding hydrogens is 354 g/mol. The molecular formula is C11H13Br2NO3. The molecule has 0 saturated heterocycles. The van der Waals surface area contributed by atoms with E-state index in [1.54, 1.807) is 0 Å². The highest BCUT2D eigenvalue weighted by molar-refractivity contribution is 9.13. The van der Waals surface area contributed by atoms with E-state index < -0.39 is 5.97 Å². The van der Waals surface area contributed by atoms with Gasteiger partial charge in [0, 0.05) is 12.6 Å². The highest BCUT2D eigenvalue weighted by Crippen LogP contribution is 2.31. The third-order valence-corrected chi connectivity index (χ3v) is 4.44. The van der Waals surface area contributed by atoms with Crippen molar-refractivity contribution >= 4 is 37.8 Å². The zero-order valence-corrected chi connectivity index (χ0v) is 12.3. The number of carboxylic acid groups (broad SMARTS) is 1. The van der Waals surface area contributed by atoms with Gasteiger partial charge in [-0.3, -0.25) is 9.69 Å². The number of hydrogen-bond acceptors (Lipinski definition) is 3. The van der Waals surface area contributed by atoms with Crippen molar-refractivity contribution in [2.45, 2.75) is 31.8 Å². The summed E-state index contributed by atoms with van der Waals surface area (Å²) < 4.78 is 7.08. The Kier molecular flexibility index (Phi) is 4.27. The van der Waals surface area contributed by atoms with Crippen LogP contribution in [0.2, 0.25) is 0 Å². The molecule has 1 saturated carbocycles. The van der Waals surface area contributed by atoms with Gasteiger partial charge >= 0.3 is 5.97 Å². The van der Waals surface area contributed by atoms with Crippen LogP contribution in [-0.2, 0) is 11.3 Å². The maximum atomic E-state index is 10.6. The molecule has 1 N–H and O–H groups in total. The van der Waals surface area contributed by atoms with Gasteiger partial charge in [-0.1, -0.05) is 0 Å². The molecule has 1 aromatic heterocycles. The van der Waals surface area contributed by atoms with Gasteiger partial charge in [0.15, 0.2) is 4.67 Å². The summed E-state index contributed by atoms with van der Waals surface area (Å²) >= 11 is 6.66. The van der Waals surface area contributed by atoms with E-state index in [0.29, 0.717) is 23.8 Å². The zero-order valence-electron chi connectivity index (χ0n) is 9.16. The fourth-order valence-electron chi connectivity index (χ4n) is 1.74. The van der Waals surface area contributed by atoms with E-state index in [-0.39, 0.29) is 6.42 Å². The second-order valence-electron chi connectivity index (χ2n) is 4.18. The van der Waals surface area contributed by atoms with Gasteiger partial charge in [0.1, 0.15) is 5.76 Å². The van der Waals surface area contributed by atoms with Crippen LogP contribution < -0.4 is 0 Å². The molecule has 1 aliphatic rings. The van der Waals surface area contributed by atoms with Crippen molar-refractivity contribution in [1.29, 1.82) is 0 Å². The number of hydrogen-bond donors (Lipinski definition) is 1. The number of rotatable bonds is 6. The molecule has 1 heterocycles. The first-order valence-electron chi connectivity index (χ1n) is 5.46. The Morgan fingerprint density at radius 3 is 2.71 bits per heavy atom. The number of carbonyl (C=O) groups is 1. The number of halogens is 2. The van der Waals surface area contributed by atoms with E-state index in [0.717, 1.165) is 23.1 Å². The molecule has 17 heavy (non-hydrogen) atoms. The Balaban J connectivity index is 1.95. The van der Waals surface area contributed by atoms with Crippen LogP contribution in [0.15, 0.2) is 19.6 Å². The van der Waals surface area contributed by atoms with Gasteiger partial charge in [-0.25, -0.2) is 0 Å². The summed E-state index contributed by atoms with van der Waals surface area (Å²) in [5.74, 6) is 0.0958. The monoisotopic (exact) mass is 365 g/mol. The minimum absolute atomic E-state index is 0.180. The Hall–Kier alpha value is -0.330. The first-order chi connectivity index (χ1) is 8.06. The van der Waals surface area contributed by atoms with Crippen molar-refractivity contribution in [2.24, 2.45) is 0 Å². The fourth-order valence-corrected chi connectivity index (χ4v) is 2.40. The van der Waals surface area contributed by atoms with Crippen molar-refractivity contribution in [1.82, 2.24) is 4.90 Å². The van der Waals surface area contributed by atoms with Crippen LogP contribution in [0.25, 0.3) is 0 Å². The SMILES string of the molecule is O=C(O)CCN(Cc1cc(Br)c(Br)o1)C1CC1. The van der Waals surface area contributed by atoms with E-state index >= 15 is 0 Å². The number of furan rings is 1. The second kappa shape index (κ2) is 5.54. The summed E-state index contributed by atoms with van der Waals surface area (Å²) in [7, 11) is 0. The lowest BCUT2D eigenvalue weighted by Gasteiger charge is -2.19. The van der Waals surface area contributed by atoms with Crippen LogP contribution in [0, 0.1) is 0 Å². The van der Waals surface area contributed by atoms with Crippen LogP contribution >= 0.6 is 31.9 Å². The quantitative estimate of drug-likeness (QED) is 0.839. The highest BCUT2D eigenvalue weighted by Gasteiger charge is 2.29. The van der Waals surface area contributed by atoms with Gasteiger partial charge in [-0.15, -0.1) is 0 Å². The number of nitrogens with zero attached hydrogens (tertiary/aromatic N) is 1. The standard InChI is InChI=1S/C11H13Br2NO3/c12-9-5-8(17-11(9)13)6-14(7-1-2-7)4-3-10(15)16/h5,7H,1-4,6H2,(H,15,16). The lowest BCUT2D eigenvalue weighted by molar-refractivity contribution is -0.137. The molecule has 0 aliphatic heterocycles. The van der Waals surface area contributed by atoms with Crippen LogP contribution in [0.3, 0.4) is 0 Å². The van der Waals surface area contributed by atoms with E-state index in [2.05, 4.69) is 36.8 Å². The number of aliphatic carboxylic acids is 1. The van der Waals surface area contributed by atoms with E-state index in [1.165, 1.54) is 0 Å². The summed E-state index contributed by atoms with van der Waals surface area (Å²) in [6.07, 6.45) is 2.49. The van der Waals surface area contributed by atoms with Crippen LogP contribution in [-0.4, -0.2) is 28.6 Å². The molecule has 1 aromatic rings. The van der Waals surface area contributed by atoms with Crippen LogP contribution in [0.1, 0.15) is 25.0 Å². The summed E-state index contributed by atoms with van der Waals surface area (Å²) in [6.45, 7) is 1.25. The lowest BCUT2D eigenvalue weighted by atomic mass is 10.3. The molecule has 0 unspecified atom stereocenters. The molecule has 1 fully saturated rings. The third kappa shape index (κ3) is 3.82. The van der Waals surface area contributed by atoms with Gasteiger partial charge in [0.2, 0.25) is 0 Å². The van der Waals surface area contributed by atoms with E-state index in [4.69, 9.17) is 9.52 Å². The molecule has 2 rings (SSSR count). The predicted octanol–water partition coefficient (Wildman–Crippen LogP) is 3.24. The second-order valence-corrected chi connectivity index (χ2v) is 5.75. The van der Waals surface area contributed by atoms with Gasteiger partial charge in [0.25, 0.3) is 0 Å². The molecule has 1 aliphatic carbocycles. The van der Waals surface area contributed by atoms with Crippen molar-refractivity contribution in [3.63, 3.8) is 0 Å². The Morgan fingerprint density at radius 2 is 2.24 bits per heavy atom. The van der Waals surface area contributed by atoms with E-state index in [1.807, 2.05) is 6.07 Å². The number of carboxylic acids is 1. The fraction of sp³-hybridized carbons (Fsp3) is 0.545. The van der Waals surface area contributed by atoms with E-state index in [9.17, 15) is 4.79 Å². The van der Waals surface area contributed by atoms with Gasteiger partial charge in [-0.2, -0.15) is 0 Å². The van der Waals surface area contributed by atoms with Gasteiger partial charge in [0.05, 0.1) is 17.4 Å². The molecule has 0 spiro atoms. The van der Waals surface area contributed by atoms with Gasteiger partial charge < -0.3 is 9.52 Å². The summed E-state index contributed by atoms with van der Waals surface area (Å²) in [5.41, 5.74) is 0. The van der Waals surface area contributed by atoms with Crippen LogP contribution in [0.5, 0.6) is 0 Å². The predicted molar refractivity (Wildman–Crippen MR) is 69.8 cm³/mol. The summed E-state index contributed by atoms with van der Waals surface area (Å²) in [5, 5.41) is 8.71. The minimum atomic E-state index is -0.752. The maximum absolute atomic E-state index is 10.6. The Labute approximate surface area is 116 Å². The minimum Gasteiger partial charge on any atom is -0.481 e. The van der Waals surface area contributed by atoms with Crippen LogP contribution in [0.4, 0.5) is 0 Å². The molecule has 94 valence electrons. The molecule has 0 aromatic carbocycles. The largest absolute Gasteiger partial charge is 0.481 e. The van der Waals surface area contributed by atoms with Crippen molar-refractivity contribution in [2.75, 3.05) is 6.54 Å². The first-order valence-corrected chi connectivity index (χ1v) is 7.04. The smallest absolute Gasteiger partial charge is 0.304 e. The topological polar surface area (TPSA) is 53.7 Å². The summed E-state index contributed by atoms with van der Waals surface area (Å²) in [4.78, 5) is 12.8. The van der Waals surface area contributed by atoms with Crippen molar-refractivity contribution < 1.29 is 14.3 Å².